The van der Waals surface area contributed by atoms with E-state index < -0.39 is 0 Å². The SMILES string of the molecule is Cc1cc(F)ccc1CCNCC1CCCNC1.Cl. The van der Waals surface area contributed by atoms with Crippen molar-refractivity contribution in [1.29, 1.82) is 0 Å². The van der Waals surface area contributed by atoms with Crippen molar-refractivity contribution in [3.63, 3.8) is 0 Å². The first-order chi connectivity index (χ1) is 8.75. The summed E-state index contributed by atoms with van der Waals surface area (Å²) in [6.07, 6.45) is 3.60. The molecule has 0 amide bonds. The molecule has 1 aromatic rings. The van der Waals surface area contributed by atoms with Crippen LogP contribution in [0.2, 0.25) is 0 Å². The van der Waals surface area contributed by atoms with Crippen LogP contribution in [0.5, 0.6) is 0 Å². The Kier molecular flexibility index (Phi) is 7.36. The van der Waals surface area contributed by atoms with Gasteiger partial charge in [0.1, 0.15) is 5.82 Å². The molecule has 0 saturated carbocycles. The average Bonchev–Trinajstić information content (AvgIpc) is 2.38. The van der Waals surface area contributed by atoms with Gasteiger partial charge >= 0.3 is 0 Å². The van der Waals surface area contributed by atoms with E-state index in [9.17, 15) is 4.39 Å². The van der Waals surface area contributed by atoms with Crippen LogP contribution in [0.25, 0.3) is 0 Å². The number of piperidine rings is 1. The van der Waals surface area contributed by atoms with Crippen LogP contribution in [0, 0.1) is 18.7 Å². The van der Waals surface area contributed by atoms with Gasteiger partial charge in [-0.25, -0.2) is 4.39 Å². The molecule has 1 fully saturated rings. The summed E-state index contributed by atoms with van der Waals surface area (Å²) < 4.78 is 13.0. The predicted molar refractivity (Wildman–Crippen MR) is 80.6 cm³/mol. The van der Waals surface area contributed by atoms with Gasteiger partial charge in [0, 0.05) is 0 Å². The number of aryl methyl sites for hydroxylation is 1. The molecule has 1 saturated heterocycles. The minimum absolute atomic E-state index is 0. The van der Waals surface area contributed by atoms with E-state index in [-0.39, 0.29) is 18.2 Å². The number of hydrogen-bond donors (Lipinski definition) is 2. The highest BCUT2D eigenvalue weighted by Gasteiger charge is 2.11. The van der Waals surface area contributed by atoms with Crippen molar-refractivity contribution in [3.8, 4) is 0 Å². The van der Waals surface area contributed by atoms with E-state index in [0.29, 0.717) is 0 Å². The molecule has 108 valence electrons. The molecule has 0 aromatic heterocycles. The second-order valence-electron chi connectivity index (χ2n) is 5.24. The van der Waals surface area contributed by atoms with E-state index in [4.69, 9.17) is 0 Å². The van der Waals surface area contributed by atoms with Gasteiger partial charge in [-0.05, 0) is 81.5 Å². The van der Waals surface area contributed by atoms with Gasteiger partial charge in [0.25, 0.3) is 0 Å². The lowest BCUT2D eigenvalue weighted by Gasteiger charge is -2.23. The third-order valence-electron chi connectivity index (χ3n) is 3.71. The normalized spacial score (nSPS) is 18.9. The molecule has 1 atom stereocenters. The lowest BCUT2D eigenvalue weighted by atomic mass is 9.99. The molecule has 1 aromatic carbocycles. The Bertz CT molecular complexity index is 378. The van der Waals surface area contributed by atoms with Gasteiger partial charge in [0.05, 0.1) is 0 Å². The maximum atomic E-state index is 13.0. The Morgan fingerprint density at radius 1 is 1.42 bits per heavy atom. The standard InChI is InChI=1S/C15H23FN2.ClH/c1-12-9-15(16)5-4-14(12)6-8-18-11-13-3-2-7-17-10-13;/h4-5,9,13,17-18H,2-3,6-8,10-11H2,1H3;1H. The minimum atomic E-state index is -0.141. The number of hydrogen-bond acceptors (Lipinski definition) is 2. The van der Waals surface area contributed by atoms with Gasteiger partial charge in [-0.15, -0.1) is 12.4 Å². The molecular formula is C15H24ClFN2. The quantitative estimate of drug-likeness (QED) is 0.813. The lowest BCUT2D eigenvalue weighted by Crippen LogP contribution is -2.36. The third kappa shape index (κ3) is 5.47. The van der Waals surface area contributed by atoms with E-state index in [2.05, 4.69) is 10.6 Å². The van der Waals surface area contributed by atoms with Gasteiger partial charge in [0.15, 0.2) is 0 Å². The Labute approximate surface area is 121 Å². The van der Waals surface area contributed by atoms with Gasteiger partial charge in [-0.1, -0.05) is 6.07 Å². The molecule has 2 N–H and O–H groups in total. The van der Waals surface area contributed by atoms with Crippen molar-refractivity contribution < 1.29 is 4.39 Å². The summed E-state index contributed by atoms with van der Waals surface area (Å²) in [6, 6.07) is 5.06. The zero-order valence-corrected chi connectivity index (χ0v) is 12.4. The fourth-order valence-corrected chi connectivity index (χ4v) is 2.57. The molecule has 2 rings (SSSR count). The van der Waals surface area contributed by atoms with E-state index in [0.717, 1.165) is 37.5 Å². The monoisotopic (exact) mass is 286 g/mol. The fourth-order valence-electron chi connectivity index (χ4n) is 2.57. The average molecular weight is 287 g/mol. The molecule has 0 bridgehead atoms. The van der Waals surface area contributed by atoms with Gasteiger partial charge in [0.2, 0.25) is 0 Å². The number of nitrogens with one attached hydrogen (secondary N) is 2. The summed E-state index contributed by atoms with van der Waals surface area (Å²) in [5.74, 6) is 0.630. The minimum Gasteiger partial charge on any atom is -0.316 e. The fraction of sp³-hybridized carbons (Fsp3) is 0.600. The number of benzene rings is 1. The molecule has 0 radical (unpaired) electrons. The molecule has 19 heavy (non-hydrogen) atoms. The second kappa shape index (κ2) is 8.51. The van der Waals surface area contributed by atoms with Crippen LogP contribution in [0.15, 0.2) is 18.2 Å². The predicted octanol–water partition coefficient (Wildman–Crippen LogP) is 2.69. The Hall–Kier alpha value is -0.640. The van der Waals surface area contributed by atoms with Crippen molar-refractivity contribution in [2.75, 3.05) is 26.2 Å². The highest BCUT2D eigenvalue weighted by Crippen LogP contribution is 2.11. The number of halogens is 2. The van der Waals surface area contributed by atoms with Crippen LogP contribution >= 0.6 is 12.4 Å². The Morgan fingerprint density at radius 3 is 2.95 bits per heavy atom. The van der Waals surface area contributed by atoms with E-state index in [1.54, 1.807) is 12.1 Å². The molecule has 2 nitrogen and oxygen atoms in total. The van der Waals surface area contributed by atoms with Crippen LogP contribution in [0.1, 0.15) is 24.0 Å². The Morgan fingerprint density at radius 2 is 2.26 bits per heavy atom. The first kappa shape index (κ1) is 16.4. The lowest BCUT2D eigenvalue weighted by molar-refractivity contribution is 0.361. The smallest absolute Gasteiger partial charge is 0.123 e. The van der Waals surface area contributed by atoms with Crippen LogP contribution in [0.3, 0.4) is 0 Å². The largest absolute Gasteiger partial charge is 0.316 e. The van der Waals surface area contributed by atoms with E-state index in [1.165, 1.54) is 24.9 Å². The highest BCUT2D eigenvalue weighted by atomic mass is 35.5. The summed E-state index contributed by atoms with van der Waals surface area (Å²) in [6.45, 7) is 6.35. The number of rotatable bonds is 5. The molecule has 0 aliphatic carbocycles. The zero-order chi connectivity index (χ0) is 12.8. The van der Waals surface area contributed by atoms with E-state index in [1.807, 2.05) is 13.0 Å². The highest BCUT2D eigenvalue weighted by molar-refractivity contribution is 5.85. The first-order valence-electron chi connectivity index (χ1n) is 6.92. The van der Waals surface area contributed by atoms with Gasteiger partial charge in [-0.3, -0.25) is 0 Å². The maximum absolute atomic E-state index is 13.0. The summed E-state index contributed by atoms with van der Waals surface area (Å²) >= 11 is 0. The third-order valence-corrected chi connectivity index (χ3v) is 3.71. The molecule has 1 unspecified atom stereocenters. The van der Waals surface area contributed by atoms with Crippen LogP contribution in [-0.4, -0.2) is 26.2 Å². The van der Waals surface area contributed by atoms with Crippen molar-refractivity contribution >= 4 is 12.4 Å². The molecule has 4 heteroatoms. The van der Waals surface area contributed by atoms with Crippen molar-refractivity contribution in [2.24, 2.45) is 5.92 Å². The van der Waals surface area contributed by atoms with Crippen molar-refractivity contribution in [3.05, 3.63) is 35.1 Å². The first-order valence-corrected chi connectivity index (χ1v) is 6.92. The maximum Gasteiger partial charge on any atom is 0.123 e. The van der Waals surface area contributed by atoms with Crippen molar-refractivity contribution in [1.82, 2.24) is 10.6 Å². The summed E-state index contributed by atoms with van der Waals surface area (Å²) in [5, 5.41) is 6.94. The van der Waals surface area contributed by atoms with Crippen LogP contribution < -0.4 is 10.6 Å². The molecule has 0 spiro atoms. The molecule has 1 heterocycles. The molecule has 1 aliphatic heterocycles. The summed E-state index contributed by atoms with van der Waals surface area (Å²) in [7, 11) is 0. The molecule has 1 aliphatic rings. The van der Waals surface area contributed by atoms with Crippen LogP contribution in [0.4, 0.5) is 4.39 Å². The Balaban J connectivity index is 0.00000180. The van der Waals surface area contributed by atoms with Crippen molar-refractivity contribution in [2.45, 2.75) is 26.2 Å². The van der Waals surface area contributed by atoms with Crippen LogP contribution in [-0.2, 0) is 6.42 Å². The van der Waals surface area contributed by atoms with Gasteiger partial charge < -0.3 is 10.6 Å². The summed E-state index contributed by atoms with van der Waals surface area (Å²) in [4.78, 5) is 0. The second-order valence-corrected chi connectivity index (χ2v) is 5.24. The zero-order valence-electron chi connectivity index (χ0n) is 11.5. The molecular weight excluding hydrogens is 263 g/mol. The summed E-state index contributed by atoms with van der Waals surface area (Å²) in [5.41, 5.74) is 2.29. The topological polar surface area (TPSA) is 24.1 Å². The van der Waals surface area contributed by atoms with E-state index >= 15 is 0 Å². The van der Waals surface area contributed by atoms with Gasteiger partial charge in [-0.2, -0.15) is 0 Å².